The van der Waals surface area contributed by atoms with Crippen LogP contribution in [0.15, 0.2) is 0 Å². The number of nitrogens with one attached hydrogen (secondary N) is 2. The monoisotopic (exact) mass is 294 g/mol. The molecule has 116 valence electrons. The van der Waals surface area contributed by atoms with Crippen molar-refractivity contribution in [2.24, 2.45) is 0 Å². The zero-order chi connectivity index (χ0) is 14.8. The number of alkyl halides is 3. The van der Waals surface area contributed by atoms with Gasteiger partial charge < -0.3 is 15.4 Å². The molecule has 1 aliphatic carbocycles. The van der Waals surface area contributed by atoms with Gasteiger partial charge in [0.25, 0.3) is 0 Å². The fraction of sp³-hybridized carbons (Fsp3) is 0.923. The molecule has 20 heavy (non-hydrogen) atoms. The zero-order valence-corrected chi connectivity index (χ0v) is 11.6. The van der Waals surface area contributed by atoms with E-state index in [0.29, 0.717) is 12.8 Å². The van der Waals surface area contributed by atoms with Crippen molar-refractivity contribution < 1.29 is 22.7 Å². The number of hydrogen-bond acceptors (Lipinski definition) is 3. The molecule has 0 aromatic carbocycles. The van der Waals surface area contributed by atoms with Crippen LogP contribution in [0.3, 0.4) is 0 Å². The number of hydrogen-bond donors (Lipinski definition) is 2. The van der Waals surface area contributed by atoms with Gasteiger partial charge in [0, 0.05) is 19.6 Å². The fourth-order valence-corrected chi connectivity index (χ4v) is 3.13. The van der Waals surface area contributed by atoms with E-state index in [9.17, 15) is 18.0 Å². The number of carbonyl (C=O) groups excluding carboxylic acids is 1. The Kier molecular flexibility index (Phi) is 4.59. The SMILES string of the molecule is COC1(C(F)(F)F)CCCC(NC(=O)[C@@H]2CCCN2)C1. The first-order chi connectivity index (χ1) is 9.38. The summed E-state index contributed by atoms with van der Waals surface area (Å²) < 4.78 is 44.3. The van der Waals surface area contributed by atoms with Crippen molar-refractivity contribution in [3.05, 3.63) is 0 Å². The number of rotatable bonds is 3. The Morgan fingerprint density at radius 2 is 2.10 bits per heavy atom. The standard InChI is InChI=1S/C13H21F3N2O2/c1-20-12(13(14,15)16)6-2-4-9(8-12)18-11(19)10-5-3-7-17-10/h9-10,17H,2-8H2,1H3,(H,18,19)/t9?,10-,12?/m0/s1. The molecule has 0 aromatic heterocycles. The molecule has 1 saturated carbocycles. The van der Waals surface area contributed by atoms with Gasteiger partial charge >= 0.3 is 6.18 Å². The molecule has 1 saturated heterocycles. The highest BCUT2D eigenvalue weighted by molar-refractivity contribution is 5.82. The maximum absolute atomic E-state index is 13.2. The van der Waals surface area contributed by atoms with Gasteiger partial charge in [-0.05, 0) is 38.6 Å². The quantitative estimate of drug-likeness (QED) is 0.833. The Morgan fingerprint density at radius 3 is 2.65 bits per heavy atom. The van der Waals surface area contributed by atoms with Crippen LogP contribution in [0, 0.1) is 0 Å². The number of carbonyl (C=O) groups is 1. The predicted molar refractivity (Wildman–Crippen MR) is 67.2 cm³/mol. The van der Waals surface area contributed by atoms with Gasteiger partial charge in [-0.15, -0.1) is 0 Å². The van der Waals surface area contributed by atoms with Crippen LogP contribution in [0.2, 0.25) is 0 Å². The molecule has 0 aromatic rings. The van der Waals surface area contributed by atoms with Crippen LogP contribution < -0.4 is 10.6 Å². The Balaban J connectivity index is 1.97. The molecule has 1 amide bonds. The zero-order valence-electron chi connectivity index (χ0n) is 11.6. The average molecular weight is 294 g/mol. The Bertz CT molecular complexity index is 356. The lowest BCUT2D eigenvalue weighted by molar-refractivity contribution is -0.281. The van der Waals surface area contributed by atoms with E-state index >= 15 is 0 Å². The first-order valence-corrected chi connectivity index (χ1v) is 7.03. The van der Waals surface area contributed by atoms with Crippen molar-refractivity contribution in [3.8, 4) is 0 Å². The predicted octanol–water partition coefficient (Wildman–Crippen LogP) is 1.74. The number of methoxy groups -OCH3 is 1. The second-order valence-corrected chi connectivity index (χ2v) is 5.65. The topological polar surface area (TPSA) is 50.4 Å². The van der Waals surface area contributed by atoms with Gasteiger partial charge in [-0.2, -0.15) is 13.2 Å². The summed E-state index contributed by atoms with van der Waals surface area (Å²) in [6.07, 6.45) is -2.01. The molecule has 2 unspecified atom stereocenters. The van der Waals surface area contributed by atoms with Gasteiger partial charge in [-0.3, -0.25) is 4.79 Å². The first-order valence-electron chi connectivity index (χ1n) is 7.03. The molecule has 4 nitrogen and oxygen atoms in total. The largest absolute Gasteiger partial charge is 0.417 e. The minimum absolute atomic E-state index is 0.0406. The molecule has 2 aliphatic rings. The van der Waals surface area contributed by atoms with Crippen LogP contribution in [0.4, 0.5) is 13.2 Å². The summed E-state index contributed by atoms with van der Waals surface area (Å²) in [6.45, 7) is 0.785. The van der Waals surface area contributed by atoms with E-state index in [0.717, 1.165) is 26.5 Å². The van der Waals surface area contributed by atoms with Gasteiger partial charge in [0.2, 0.25) is 5.91 Å². The minimum atomic E-state index is -4.41. The highest BCUT2D eigenvalue weighted by Crippen LogP contribution is 2.44. The Labute approximate surface area is 116 Å². The second-order valence-electron chi connectivity index (χ2n) is 5.65. The van der Waals surface area contributed by atoms with E-state index < -0.39 is 17.8 Å². The third-order valence-corrected chi connectivity index (χ3v) is 4.34. The highest BCUT2D eigenvalue weighted by atomic mass is 19.4. The lowest BCUT2D eigenvalue weighted by Gasteiger charge is -2.41. The van der Waals surface area contributed by atoms with E-state index in [1.165, 1.54) is 0 Å². The van der Waals surface area contributed by atoms with Crippen LogP contribution >= 0.6 is 0 Å². The first kappa shape index (κ1) is 15.6. The Morgan fingerprint density at radius 1 is 1.35 bits per heavy atom. The summed E-state index contributed by atoms with van der Waals surface area (Å²) in [6, 6.07) is -0.736. The third-order valence-electron chi connectivity index (χ3n) is 4.34. The van der Waals surface area contributed by atoms with Crippen molar-refractivity contribution in [2.75, 3.05) is 13.7 Å². The fourth-order valence-electron chi connectivity index (χ4n) is 3.13. The normalized spacial score (nSPS) is 35.0. The summed E-state index contributed by atoms with van der Waals surface area (Å²) in [7, 11) is 1.09. The second kappa shape index (κ2) is 5.89. The summed E-state index contributed by atoms with van der Waals surface area (Å²) in [5, 5.41) is 5.79. The third kappa shape index (κ3) is 3.09. The molecule has 1 aliphatic heterocycles. The van der Waals surface area contributed by atoms with Gasteiger partial charge in [0.1, 0.15) is 0 Å². The highest BCUT2D eigenvalue weighted by Gasteiger charge is 2.57. The number of halogens is 3. The molecule has 2 fully saturated rings. The lowest BCUT2D eigenvalue weighted by Crippen LogP contribution is -2.56. The molecule has 7 heteroatoms. The lowest BCUT2D eigenvalue weighted by atomic mass is 9.81. The maximum Gasteiger partial charge on any atom is 0.417 e. The van der Waals surface area contributed by atoms with Crippen molar-refractivity contribution >= 4 is 5.91 Å². The van der Waals surface area contributed by atoms with E-state index in [4.69, 9.17) is 4.74 Å². The van der Waals surface area contributed by atoms with Gasteiger partial charge in [-0.1, -0.05) is 0 Å². The van der Waals surface area contributed by atoms with Crippen LogP contribution in [0.1, 0.15) is 38.5 Å². The molecule has 2 N–H and O–H groups in total. The molecular formula is C13H21F3N2O2. The van der Waals surface area contributed by atoms with Crippen LogP contribution in [-0.4, -0.2) is 43.4 Å². The van der Waals surface area contributed by atoms with Crippen LogP contribution in [0.25, 0.3) is 0 Å². The van der Waals surface area contributed by atoms with Gasteiger partial charge in [0.15, 0.2) is 5.60 Å². The van der Waals surface area contributed by atoms with E-state index in [2.05, 4.69) is 10.6 Å². The summed E-state index contributed by atoms with van der Waals surface area (Å²) in [5.74, 6) is -0.193. The van der Waals surface area contributed by atoms with Crippen molar-refractivity contribution in [1.82, 2.24) is 10.6 Å². The van der Waals surface area contributed by atoms with E-state index in [1.807, 2.05) is 0 Å². The van der Waals surface area contributed by atoms with Crippen LogP contribution in [-0.2, 0) is 9.53 Å². The minimum Gasteiger partial charge on any atom is -0.369 e. The molecule has 0 spiro atoms. The molecule has 1 heterocycles. The molecule has 3 atom stereocenters. The molecule has 0 radical (unpaired) electrons. The number of amides is 1. The smallest absolute Gasteiger partial charge is 0.369 e. The van der Waals surface area contributed by atoms with Crippen molar-refractivity contribution in [3.63, 3.8) is 0 Å². The van der Waals surface area contributed by atoms with Gasteiger partial charge in [-0.25, -0.2) is 0 Å². The Hall–Kier alpha value is -0.820. The van der Waals surface area contributed by atoms with Crippen molar-refractivity contribution in [2.45, 2.75) is 62.4 Å². The number of ether oxygens (including phenoxy) is 1. The van der Waals surface area contributed by atoms with Crippen molar-refractivity contribution in [1.29, 1.82) is 0 Å². The molecule has 0 bridgehead atoms. The summed E-state index contributed by atoms with van der Waals surface area (Å²) in [4.78, 5) is 12.0. The molecular weight excluding hydrogens is 273 g/mol. The molecule has 2 rings (SSSR count). The summed E-state index contributed by atoms with van der Waals surface area (Å²) >= 11 is 0. The van der Waals surface area contributed by atoms with Crippen LogP contribution in [0.5, 0.6) is 0 Å². The summed E-state index contributed by atoms with van der Waals surface area (Å²) in [5.41, 5.74) is -2.12. The average Bonchev–Trinajstić information content (AvgIpc) is 2.91. The van der Waals surface area contributed by atoms with Gasteiger partial charge in [0.05, 0.1) is 6.04 Å². The van der Waals surface area contributed by atoms with E-state index in [-0.39, 0.29) is 24.8 Å². The maximum atomic E-state index is 13.2. The van der Waals surface area contributed by atoms with E-state index in [1.54, 1.807) is 0 Å².